The van der Waals surface area contributed by atoms with Crippen molar-refractivity contribution >= 4 is 0 Å². The topological polar surface area (TPSA) is 40.0 Å². The lowest BCUT2D eigenvalue weighted by Crippen LogP contribution is -2.41. The number of hydrogen-bond acceptors (Lipinski definition) is 4. The van der Waals surface area contributed by atoms with Crippen molar-refractivity contribution in [1.82, 2.24) is 10.4 Å². The first-order valence-electron chi connectivity index (χ1n) is 7.90. The molecule has 1 saturated carbocycles. The number of nitrogens with zero attached hydrogens (tertiary/aromatic N) is 3. The minimum absolute atomic E-state index is 0.0469. The summed E-state index contributed by atoms with van der Waals surface area (Å²) in [6, 6.07) is 21.6. The van der Waals surface area contributed by atoms with Crippen LogP contribution < -0.4 is 5.43 Å². The van der Waals surface area contributed by atoms with Crippen molar-refractivity contribution in [2.24, 2.45) is 10.4 Å². The van der Waals surface area contributed by atoms with Gasteiger partial charge in [-0.3, -0.25) is 5.43 Å². The minimum Gasteiger partial charge on any atom is -0.269 e. The largest absolute Gasteiger partial charge is 0.269 e. The summed E-state index contributed by atoms with van der Waals surface area (Å²) in [5.74, 6) is 0.581. The standard InChI is InChI=1S/C18H20N4/c1-3-7-15(8-4-1)16-11-12-18(13-16,22-14-19-20-21-22)17-9-5-2-6-10-17/h1-10,16H,11-14H2,(H,19,21). The van der Waals surface area contributed by atoms with Crippen LogP contribution in [-0.2, 0) is 5.54 Å². The molecule has 2 unspecified atom stereocenters. The Balaban J connectivity index is 1.70. The van der Waals surface area contributed by atoms with Crippen LogP contribution in [0.15, 0.2) is 71.1 Å². The van der Waals surface area contributed by atoms with Gasteiger partial charge in [0, 0.05) is 0 Å². The highest BCUT2D eigenvalue weighted by Crippen LogP contribution is 2.50. The first-order valence-corrected chi connectivity index (χ1v) is 7.90. The Bertz CT molecular complexity index is 655. The number of hydrogen-bond donors (Lipinski definition) is 1. The van der Waals surface area contributed by atoms with Crippen LogP contribution in [-0.4, -0.2) is 11.7 Å². The van der Waals surface area contributed by atoms with E-state index in [0.29, 0.717) is 12.6 Å². The second-order valence-electron chi connectivity index (χ2n) is 6.15. The van der Waals surface area contributed by atoms with Crippen molar-refractivity contribution in [1.29, 1.82) is 0 Å². The maximum Gasteiger partial charge on any atom is 0.125 e. The molecule has 2 aromatic rings. The SMILES string of the molecule is c1ccc(C2CCC(c3ccccc3)(N3CNN=N3)C2)cc1. The fourth-order valence-electron chi connectivity index (χ4n) is 3.88. The van der Waals surface area contributed by atoms with E-state index in [1.54, 1.807) is 0 Å². The van der Waals surface area contributed by atoms with Gasteiger partial charge in [-0.05, 0) is 36.3 Å². The zero-order valence-electron chi connectivity index (χ0n) is 12.5. The molecule has 2 aromatic carbocycles. The fraction of sp³-hybridized carbons (Fsp3) is 0.333. The Morgan fingerprint density at radius 1 is 1.00 bits per heavy atom. The van der Waals surface area contributed by atoms with E-state index in [1.807, 2.05) is 0 Å². The number of rotatable bonds is 3. The first-order chi connectivity index (χ1) is 10.9. The van der Waals surface area contributed by atoms with E-state index in [9.17, 15) is 0 Å². The molecule has 0 bridgehead atoms. The Kier molecular flexibility index (Phi) is 3.29. The van der Waals surface area contributed by atoms with Crippen molar-refractivity contribution in [3.8, 4) is 0 Å². The molecule has 1 N–H and O–H groups in total. The van der Waals surface area contributed by atoms with Crippen molar-refractivity contribution in [3.63, 3.8) is 0 Å². The van der Waals surface area contributed by atoms with Gasteiger partial charge >= 0.3 is 0 Å². The smallest absolute Gasteiger partial charge is 0.125 e. The summed E-state index contributed by atoms with van der Waals surface area (Å²) in [5, 5.41) is 10.5. The lowest BCUT2D eigenvalue weighted by Gasteiger charge is -2.36. The second kappa shape index (κ2) is 5.44. The van der Waals surface area contributed by atoms with Crippen LogP contribution in [0.2, 0.25) is 0 Å². The monoisotopic (exact) mass is 292 g/mol. The van der Waals surface area contributed by atoms with Gasteiger partial charge in [0.05, 0.1) is 5.54 Å². The predicted molar refractivity (Wildman–Crippen MR) is 85.9 cm³/mol. The Morgan fingerprint density at radius 2 is 1.73 bits per heavy atom. The van der Waals surface area contributed by atoms with E-state index >= 15 is 0 Å². The lowest BCUT2D eigenvalue weighted by atomic mass is 9.85. The molecule has 1 heterocycles. The minimum atomic E-state index is -0.0469. The van der Waals surface area contributed by atoms with Crippen LogP contribution >= 0.6 is 0 Å². The van der Waals surface area contributed by atoms with Gasteiger partial charge in [-0.1, -0.05) is 71.1 Å². The summed E-state index contributed by atoms with van der Waals surface area (Å²) in [5.41, 5.74) is 5.71. The van der Waals surface area contributed by atoms with E-state index in [2.05, 4.69) is 81.5 Å². The van der Waals surface area contributed by atoms with E-state index in [-0.39, 0.29) is 5.54 Å². The summed E-state index contributed by atoms with van der Waals surface area (Å²) in [4.78, 5) is 0. The van der Waals surface area contributed by atoms with E-state index in [1.165, 1.54) is 17.5 Å². The normalized spacial score (nSPS) is 27.1. The first kappa shape index (κ1) is 13.3. The molecule has 4 heteroatoms. The van der Waals surface area contributed by atoms with Gasteiger partial charge in [0.2, 0.25) is 0 Å². The average Bonchev–Trinajstić information content (AvgIpc) is 3.27. The molecule has 1 aliphatic heterocycles. The number of benzene rings is 2. The molecule has 2 aliphatic rings. The number of nitrogens with one attached hydrogen (secondary N) is 1. The Labute approximate surface area is 130 Å². The molecule has 0 radical (unpaired) electrons. The summed E-state index contributed by atoms with van der Waals surface area (Å²) in [6.45, 7) is 0.691. The molecular formula is C18H20N4. The molecule has 2 atom stereocenters. The van der Waals surface area contributed by atoms with Crippen LogP contribution in [0.4, 0.5) is 0 Å². The summed E-state index contributed by atoms with van der Waals surface area (Å²) < 4.78 is 0. The molecular weight excluding hydrogens is 272 g/mol. The van der Waals surface area contributed by atoms with Gasteiger partial charge < -0.3 is 0 Å². The summed E-state index contributed by atoms with van der Waals surface area (Å²) >= 11 is 0. The van der Waals surface area contributed by atoms with Gasteiger partial charge in [-0.25, -0.2) is 5.01 Å². The highest BCUT2D eigenvalue weighted by molar-refractivity contribution is 5.30. The quantitative estimate of drug-likeness (QED) is 0.929. The lowest BCUT2D eigenvalue weighted by molar-refractivity contribution is 0.101. The van der Waals surface area contributed by atoms with Crippen LogP contribution in [0.25, 0.3) is 0 Å². The van der Waals surface area contributed by atoms with Crippen molar-refractivity contribution in [2.75, 3.05) is 6.67 Å². The average molecular weight is 292 g/mol. The fourth-order valence-corrected chi connectivity index (χ4v) is 3.88. The Hall–Kier alpha value is -2.36. The molecule has 4 rings (SSSR count). The van der Waals surface area contributed by atoms with Crippen LogP contribution in [0, 0.1) is 0 Å². The van der Waals surface area contributed by atoms with E-state index in [0.717, 1.165) is 12.8 Å². The summed E-state index contributed by atoms with van der Waals surface area (Å²) in [6.07, 6.45) is 3.38. The van der Waals surface area contributed by atoms with Crippen molar-refractivity contribution in [2.45, 2.75) is 30.7 Å². The summed E-state index contributed by atoms with van der Waals surface area (Å²) in [7, 11) is 0. The molecule has 0 saturated heterocycles. The third kappa shape index (κ3) is 2.15. The predicted octanol–water partition coefficient (Wildman–Crippen LogP) is 3.99. The molecule has 4 nitrogen and oxygen atoms in total. The molecule has 0 amide bonds. The van der Waals surface area contributed by atoms with Crippen molar-refractivity contribution in [3.05, 3.63) is 71.8 Å². The molecule has 1 fully saturated rings. The van der Waals surface area contributed by atoms with Crippen LogP contribution in [0.3, 0.4) is 0 Å². The molecule has 0 aromatic heterocycles. The van der Waals surface area contributed by atoms with Crippen LogP contribution in [0.1, 0.15) is 36.3 Å². The Morgan fingerprint density at radius 3 is 2.41 bits per heavy atom. The molecule has 1 aliphatic carbocycles. The third-order valence-corrected chi connectivity index (χ3v) is 5.01. The highest BCUT2D eigenvalue weighted by atomic mass is 15.7. The molecule has 22 heavy (non-hydrogen) atoms. The van der Waals surface area contributed by atoms with E-state index < -0.39 is 0 Å². The van der Waals surface area contributed by atoms with Gasteiger partial charge in [-0.2, -0.15) is 0 Å². The van der Waals surface area contributed by atoms with E-state index in [4.69, 9.17) is 0 Å². The maximum atomic E-state index is 4.34. The third-order valence-electron chi connectivity index (χ3n) is 5.01. The zero-order chi connectivity index (χ0) is 14.8. The molecule has 0 spiro atoms. The zero-order valence-corrected chi connectivity index (χ0v) is 12.5. The molecule has 112 valence electrons. The van der Waals surface area contributed by atoms with Crippen molar-refractivity contribution < 1.29 is 0 Å². The van der Waals surface area contributed by atoms with Gasteiger partial charge in [0.15, 0.2) is 0 Å². The second-order valence-corrected chi connectivity index (χ2v) is 6.15. The van der Waals surface area contributed by atoms with Gasteiger partial charge in [-0.15, -0.1) is 0 Å². The maximum absolute atomic E-state index is 4.34. The van der Waals surface area contributed by atoms with Gasteiger partial charge in [0.1, 0.15) is 6.67 Å². The van der Waals surface area contributed by atoms with Crippen LogP contribution in [0.5, 0.6) is 0 Å². The van der Waals surface area contributed by atoms with Gasteiger partial charge in [0.25, 0.3) is 0 Å². The highest BCUT2D eigenvalue weighted by Gasteiger charge is 2.46.